The molecule has 0 aliphatic heterocycles. The molecule has 0 aliphatic carbocycles. The first-order valence-electron chi connectivity index (χ1n) is 5.45. The number of anilines is 1. The zero-order valence-corrected chi connectivity index (χ0v) is 11.1. The van der Waals surface area contributed by atoms with Crippen molar-refractivity contribution < 1.29 is 13.2 Å². The van der Waals surface area contributed by atoms with E-state index in [1.54, 1.807) is 12.1 Å². The number of nitrogens with zero attached hydrogens (tertiary/aromatic N) is 2. The van der Waals surface area contributed by atoms with Crippen LogP contribution in [-0.4, -0.2) is 25.5 Å². The van der Waals surface area contributed by atoms with Crippen LogP contribution < -0.4 is 10.5 Å². The van der Waals surface area contributed by atoms with Crippen LogP contribution in [0.3, 0.4) is 0 Å². The van der Waals surface area contributed by atoms with Gasteiger partial charge in [-0.15, -0.1) is 0 Å². The van der Waals surface area contributed by atoms with Crippen LogP contribution in [0.2, 0.25) is 0 Å². The molecule has 0 saturated carbocycles. The number of rotatable bonds is 4. The lowest BCUT2D eigenvalue weighted by molar-refractivity contribution is 0.391. The molecule has 0 radical (unpaired) electrons. The lowest BCUT2D eigenvalue weighted by atomic mass is 10.3. The van der Waals surface area contributed by atoms with Crippen molar-refractivity contribution in [1.29, 1.82) is 0 Å². The maximum atomic E-state index is 12.2. The van der Waals surface area contributed by atoms with E-state index in [-0.39, 0.29) is 22.2 Å². The van der Waals surface area contributed by atoms with E-state index >= 15 is 0 Å². The standard InChI is InChI=1S/C12H13N3O3S/c1-18-12-11(14-6-7-15-12)8-19(16,17)10-4-2-9(13)3-5-10/h2-7H,8,13H2,1H3. The van der Waals surface area contributed by atoms with Gasteiger partial charge in [-0.05, 0) is 24.3 Å². The van der Waals surface area contributed by atoms with Crippen LogP contribution in [0.4, 0.5) is 5.69 Å². The second-order valence-electron chi connectivity index (χ2n) is 3.84. The topological polar surface area (TPSA) is 95.2 Å². The molecule has 0 saturated heterocycles. The molecule has 0 bridgehead atoms. The SMILES string of the molecule is COc1nccnc1CS(=O)(=O)c1ccc(N)cc1. The van der Waals surface area contributed by atoms with Gasteiger partial charge in [-0.1, -0.05) is 0 Å². The van der Waals surface area contributed by atoms with Crippen molar-refractivity contribution in [2.45, 2.75) is 10.6 Å². The van der Waals surface area contributed by atoms with Gasteiger partial charge in [0.2, 0.25) is 5.88 Å². The van der Waals surface area contributed by atoms with E-state index in [2.05, 4.69) is 9.97 Å². The van der Waals surface area contributed by atoms with Crippen LogP contribution in [0.15, 0.2) is 41.6 Å². The maximum Gasteiger partial charge on any atom is 0.236 e. The number of hydrogen-bond acceptors (Lipinski definition) is 6. The molecule has 0 fully saturated rings. The minimum absolute atomic E-state index is 0.189. The summed E-state index contributed by atoms with van der Waals surface area (Å²) < 4.78 is 29.4. The Kier molecular flexibility index (Phi) is 3.66. The normalized spacial score (nSPS) is 11.2. The van der Waals surface area contributed by atoms with Crippen LogP contribution in [-0.2, 0) is 15.6 Å². The molecule has 2 aromatic rings. The number of nitrogen functional groups attached to an aromatic ring is 1. The minimum Gasteiger partial charge on any atom is -0.480 e. The van der Waals surface area contributed by atoms with Crippen molar-refractivity contribution in [3.63, 3.8) is 0 Å². The molecule has 1 heterocycles. The summed E-state index contributed by atoms with van der Waals surface area (Å²) in [7, 11) is -2.08. The summed E-state index contributed by atoms with van der Waals surface area (Å²) in [4.78, 5) is 8.10. The van der Waals surface area contributed by atoms with Gasteiger partial charge in [0.25, 0.3) is 0 Å². The quantitative estimate of drug-likeness (QED) is 0.840. The van der Waals surface area contributed by atoms with Gasteiger partial charge in [0, 0.05) is 18.1 Å². The Hall–Kier alpha value is -2.15. The molecule has 0 spiro atoms. The summed E-state index contributed by atoms with van der Waals surface area (Å²) in [6.07, 6.45) is 2.87. The fraction of sp³-hybridized carbons (Fsp3) is 0.167. The van der Waals surface area contributed by atoms with Gasteiger partial charge in [0.1, 0.15) is 11.4 Å². The van der Waals surface area contributed by atoms with Crippen molar-refractivity contribution in [2.75, 3.05) is 12.8 Å². The zero-order chi connectivity index (χ0) is 13.9. The molecule has 0 amide bonds. The van der Waals surface area contributed by atoms with Gasteiger partial charge in [-0.2, -0.15) is 0 Å². The van der Waals surface area contributed by atoms with Crippen molar-refractivity contribution in [3.8, 4) is 5.88 Å². The maximum absolute atomic E-state index is 12.2. The van der Waals surface area contributed by atoms with Gasteiger partial charge in [0.05, 0.1) is 12.0 Å². The van der Waals surface area contributed by atoms with Gasteiger partial charge in [0.15, 0.2) is 9.84 Å². The van der Waals surface area contributed by atoms with Gasteiger partial charge >= 0.3 is 0 Å². The highest BCUT2D eigenvalue weighted by molar-refractivity contribution is 7.90. The highest BCUT2D eigenvalue weighted by Crippen LogP contribution is 2.20. The van der Waals surface area contributed by atoms with E-state index in [0.29, 0.717) is 5.69 Å². The van der Waals surface area contributed by atoms with Crippen molar-refractivity contribution >= 4 is 15.5 Å². The first-order chi connectivity index (χ1) is 9.03. The summed E-state index contributed by atoms with van der Waals surface area (Å²) >= 11 is 0. The summed E-state index contributed by atoms with van der Waals surface area (Å²) in [5, 5.41) is 0. The number of sulfone groups is 1. The van der Waals surface area contributed by atoms with Gasteiger partial charge < -0.3 is 10.5 Å². The summed E-state index contributed by atoms with van der Waals surface area (Å²) in [5.74, 6) is -0.0602. The van der Waals surface area contributed by atoms with E-state index in [9.17, 15) is 8.42 Å². The Morgan fingerprint density at radius 3 is 2.42 bits per heavy atom. The van der Waals surface area contributed by atoms with Crippen LogP contribution in [0, 0.1) is 0 Å². The molecule has 0 atom stereocenters. The predicted molar refractivity (Wildman–Crippen MR) is 70.3 cm³/mol. The molecule has 7 heteroatoms. The third kappa shape index (κ3) is 3.00. The number of hydrogen-bond donors (Lipinski definition) is 1. The Morgan fingerprint density at radius 1 is 1.16 bits per heavy atom. The zero-order valence-electron chi connectivity index (χ0n) is 10.3. The summed E-state index contributed by atoms with van der Waals surface area (Å²) in [6.45, 7) is 0. The largest absolute Gasteiger partial charge is 0.480 e. The van der Waals surface area contributed by atoms with Gasteiger partial charge in [-0.25, -0.2) is 13.4 Å². The summed E-state index contributed by atoms with van der Waals surface area (Å²) in [5.41, 5.74) is 6.32. The van der Waals surface area contributed by atoms with Crippen LogP contribution in [0.1, 0.15) is 5.69 Å². The molecular weight excluding hydrogens is 266 g/mol. The monoisotopic (exact) mass is 279 g/mol. The number of nitrogens with two attached hydrogens (primary N) is 1. The molecule has 1 aromatic carbocycles. The van der Waals surface area contributed by atoms with Crippen LogP contribution >= 0.6 is 0 Å². The van der Waals surface area contributed by atoms with E-state index in [0.717, 1.165) is 0 Å². The number of benzene rings is 1. The first-order valence-corrected chi connectivity index (χ1v) is 7.10. The van der Waals surface area contributed by atoms with E-state index in [4.69, 9.17) is 10.5 Å². The Bertz CT molecular complexity index is 669. The highest BCUT2D eigenvalue weighted by atomic mass is 32.2. The molecule has 1 aromatic heterocycles. The molecule has 0 aliphatic rings. The van der Waals surface area contributed by atoms with Crippen molar-refractivity contribution in [3.05, 3.63) is 42.4 Å². The number of ether oxygens (including phenoxy) is 1. The molecule has 19 heavy (non-hydrogen) atoms. The van der Waals surface area contributed by atoms with Crippen LogP contribution in [0.5, 0.6) is 5.88 Å². The fourth-order valence-corrected chi connectivity index (χ4v) is 2.84. The average molecular weight is 279 g/mol. The van der Waals surface area contributed by atoms with Gasteiger partial charge in [-0.3, -0.25) is 4.98 Å². The second-order valence-corrected chi connectivity index (χ2v) is 5.83. The smallest absolute Gasteiger partial charge is 0.236 e. The molecule has 2 rings (SSSR count). The molecular formula is C12H13N3O3S. The minimum atomic E-state index is -3.50. The average Bonchev–Trinajstić information content (AvgIpc) is 2.39. The van der Waals surface area contributed by atoms with E-state index in [1.165, 1.54) is 31.6 Å². The Labute approximate surface area is 111 Å². The third-order valence-electron chi connectivity index (χ3n) is 2.50. The molecule has 0 unspecified atom stereocenters. The number of methoxy groups -OCH3 is 1. The van der Waals surface area contributed by atoms with Crippen LogP contribution in [0.25, 0.3) is 0 Å². The second kappa shape index (κ2) is 5.23. The predicted octanol–water partition coefficient (Wildman–Crippen LogP) is 1.04. The van der Waals surface area contributed by atoms with E-state index in [1.807, 2.05) is 0 Å². The van der Waals surface area contributed by atoms with Crippen molar-refractivity contribution in [2.24, 2.45) is 0 Å². The Morgan fingerprint density at radius 2 is 1.79 bits per heavy atom. The molecule has 2 N–H and O–H groups in total. The summed E-state index contributed by atoms with van der Waals surface area (Å²) in [6, 6.07) is 6.02. The molecule has 6 nitrogen and oxygen atoms in total. The third-order valence-corrected chi connectivity index (χ3v) is 4.14. The highest BCUT2D eigenvalue weighted by Gasteiger charge is 2.19. The number of aromatic nitrogens is 2. The fourth-order valence-electron chi connectivity index (χ4n) is 1.56. The van der Waals surface area contributed by atoms with E-state index < -0.39 is 9.84 Å². The Balaban J connectivity index is 2.34. The lowest BCUT2D eigenvalue weighted by Crippen LogP contribution is -2.08. The first kappa shape index (κ1) is 13.3. The van der Waals surface area contributed by atoms with Crippen molar-refractivity contribution in [1.82, 2.24) is 9.97 Å². The molecule has 100 valence electrons. The lowest BCUT2D eigenvalue weighted by Gasteiger charge is -2.07.